The molecule has 3 saturated heterocycles. The maximum atomic E-state index is 15.8. The molecular weight excluding hydrogens is 1830 g/mol. The van der Waals surface area contributed by atoms with Crippen LogP contribution in [0.4, 0.5) is 0 Å². The third-order valence-electron chi connectivity index (χ3n) is 25.0. The number of hydrogen-bond donors (Lipinski definition) is 18. The van der Waals surface area contributed by atoms with Gasteiger partial charge in [0.2, 0.25) is 88.6 Å². The molecule has 15 amide bonds. The van der Waals surface area contributed by atoms with E-state index in [0.717, 1.165) is 26.5 Å². The minimum absolute atomic E-state index is 0.00685. The summed E-state index contributed by atoms with van der Waals surface area (Å²) in [5, 5.41) is 56.1. The Morgan fingerprint density at radius 1 is 0.584 bits per heavy atom. The molecule has 0 unspecified atom stereocenters. The number of fused-ring (bicyclic) bond motifs is 4. The highest BCUT2D eigenvalue weighted by atomic mass is 35.5. The fourth-order valence-corrected chi connectivity index (χ4v) is 18.6. The molecule has 0 spiro atoms. The number of aromatic nitrogens is 4. The van der Waals surface area contributed by atoms with E-state index in [-0.39, 0.29) is 106 Å². The quantitative estimate of drug-likeness (QED) is 0.0203. The number of nitrogens with zero attached hydrogens (tertiary/aromatic N) is 6. The van der Waals surface area contributed by atoms with Crippen LogP contribution in [0.15, 0.2) is 91.6 Å². The number of aromatic amines is 3. The summed E-state index contributed by atoms with van der Waals surface area (Å²) in [6.45, 7) is 6.22. The fraction of sp³-hybridized carbons (Fsp3) is 0.538. The molecule has 9 rings (SSSR count). The number of aliphatic hydroxyl groups is 2. The molecule has 6 heterocycles. The lowest BCUT2D eigenvalue weighted by molar-refractivity contribution is -0.150. The van der Waals surface area contributed by atoms with E-state index >= 15 is 38.4 Å². The van der Waals surface area contributed by atoms with E-state index in [1.807, 2.05) is 13.8 Å². The van der Waals surface area contributed by atoms with E-state index in [1.165, 1.54) is 68.6 Å². The highest BCUT2D eigenvalue weighted by molar-refractivity contribution is 8.00. The second-order valence-corrected chi connectivity index (χ2v) is 37.5. The number of nitrogens with two attached hydrogens (primary N) is 3. The zero-order chi connectivity index (χ0) is 100. The summed E-state index contributed by atoms with van der Waals surface area (Å²) in [7, 11) is 3.97. The van der Waals surface area contributed by atoms with E-state index in [2.05, 4.69) is 67.8 Å². The first-order valence-corrected chi connectivity index (χ1v) is 48.0. The number of ketones is 2. The molecule has 0 aliphatic carbocycles. The number of likely N-dealkylation sites (N-methyl/N-ethyl adjacent to an activating group) is 3. The van der Waals surface area contributed by atoms with Gasteiger partial charge < -0.3 is 115 Å². The largest absolute Gasteiger partial charge is 0.394 e. The zero-order valence-corrected chi connectivity index (χ0v) is 80.5. The first-order valence-electron chi connectivity index (χ1n) is 46.1. The van der Waals surface area contributed by atoms with Gasteiger partial charge in [0.1, 0.15) is 66.5 Å². The van der Waals surface area contributed by atoms with Gasteiger partial charge in [-0.1, -0.05) is 119 Å². The lowest BCUT2D eigenvalue weighted by Gasteiger charge is -2.36. The molecule has 44 heteroatoms. The Kier molecular flexibility index (Phi) is 40.7. The van der Waals surface area contributed by atoms with Crippen molar-refractivity contribution in [1.29, 1.82) is 5.41 Å². The number of primary amides is 2. The van der Waals surface area contributed by atoms with Gasteiger partial charge in [-0.2, -0.15) is 0 Å². The number of imidazole rings is 1. The second-order valence-electron chi connectivity index (χ2n) is 35.7. The van der Waals surface area contributed by atoms with Crippen LogP contribution >= 0.6 is 35.0 Å². The maximum absolute atomic E-state index is 15.8. The number of hydrogen-bond acceptors (Lipinski definition) is 22. The van der Waals surface area contributed by atoms with Crippen molar-refractivity contribution >= 4 is 163 Å². The number of halogens is 2. The highest BCUT2D eigenvalue weighted by Gasteiger charge is 2.47. The van der Waals surface area contributed by atoms with Crippen LogP contribution < -0.4 is 65.1 Å². The average molecular weight is 1960 g/mol. The lowest BCUT2D eigenvalue weighted by Crippen LogP contribution is -2.60. The number of aliphatic hydroxyl groups excluding tert-OH is 2. The number of nitrogens with one attached hydrogen (secondary N) is 13. The van der Waals surface area contributed by atoms with E-state index in [1.54, 1.807) is 74.8 Å². The molecule has 3 aromatic carbocycles. The standard InChI is InChI=1S/C93H128Cl2N22O19S/c1-9-11-24-72-86(130)107-65(23-17-29-101-93(98)99)84(128)112-71(83(127)104-44-79(97)123)47-137-48-80(124)106-68(33-52-27-28-61(94)62(95)32-52)89(133)113(6)51(5)81(125)109-69(40-78(96)122)90(134)116-30-18-26-73(116)87(131)108-66(38-57-43-100-49-105-57)85(129)110-67(31-50(3)4)91(135)117-45-58(119)39-75(117)77(121)36-53(34-55-41-102-63-21-15-13-19-59(55)63)82(126)111-70(46-118)76(120)37-54(35-56-42-103-64-22-16-14-20-60(56)64)88(132)115(8)74(25-12-10-2)92(136)114(72)7/h13-16,19-22,27-28,32,41-43,49-51,53-54,58,65-75,102-103,118-119H,9-12,17-18,23-26,29-31,33-40,44-48H2,1-8H3,(H2,96,122)(H2,97,123)(H,100,105)(H,104,127)(H,106,124)(H,107,130)(H,108,131)(H,109,125)(H,110,129)(H,111,126)(H,112,128)(H4,98,99,101)/t51-,53+,54+,58+,65-,66-,67-,68-,69-,70-,71-,72-,73-,74-,75-/m0/s1. The molecule has 744 valence electrons. The molecule has 0 radical (unpaired) electrons. The van der Waals surface area contributed by atoms with Crippen molar-refractivity contribution in [2.45, 2.75) is 235 Å². The van der Waals surface area contributed by atoms with Crippen LogP contribution in [0.5, 0.6) is 0 Å². The first kappa shape index (κ1) is 108. The van der Waals surface area contributed by atoms with Gasteiger partial charge in [-0.3, -0.25) is 86.9 Å². The molecule has 3 fully saturated rings. The monoisotopic (exact) mass is 1960 g/mol. The number of Topliss-reactive ketones (excluding diaryl/α,β-unsaturated/α-hetero) is 2. The molecule has 137 heavy (non-hydrogen) atoms. The smallest absolute Gasteiger partial charge is 0.246 e. The van der Waals surface area contributed by atoms with Crippen LogP contribution in [0.1, 0.15) is 153 Å². The van der Waals surface area contributed by atoms with Gasteiger partial charge in [0.05, 0.1) is 53.8 Å². The zero-order valence-electron chi connectivity index (χ0n) is 78.2. The Morgan fingerprint density at radius 3 is 1.80 bits per heavy atom. The third kappa shape index (κ3) is 30.2. The summed E-state index contributed by atoms with van der Waals surface area (Å²) >= 11 is 13.5. The Morgan fingerprint density at radius 2 is 1.18 bits per heavy atom. The molecule has 41 nitrogen and oxygen atoms in total. The van der Waals surface area contributed by atoms with E-state index in [9.17, 15) is 53.4 Å². The number of carbonyl (C=O) groups is 17. The minimum Gasteiger partial charge on any atom is -0.394 e. The number of carbonyl (C=O) groups excluding carboxylic acids is 17. The molecule has 6 aromatic rings. The predicted octanol–water partition coefficient (Wildman–Crippen LogP) is 0.854. The number of unbranched alkanes of at least 4 members (excludes halogenated alkanes) is 2. The van der Waals surface area contributed by atoms with Crippen LogP contribution in [0, 0.1) is 23.2 Å². The Hall–Kier alpha value is -12.5. The Balaban J connectivity index is 1.11. The number of guanidine groups is 1. The maximum Gasteiger partial charge on any atom is 0.246 e. The second kappa shape index (κ2) is 51.6. The third-order valence-corrected chi connectivity index (χ3v) is 26.7. The number of H-pyrrole nitrogens is 3. The van der Waals surface area contributed by atoms with Crippen molar-refractivity contribution in [3.63, 3.8) is 0 Å². The number of rotatable bonds is 26. The number of amides is 15. The number of thioether (sulfide) groups is 1. The van der Waals surface area contributed by atoms with Crippen LogP contribution in [0.2, 0.25) is 10.0 Å². The van der Waals surface area contributed by atoms with Gasteiger partial charge in [0.25, 0.3) is 0 Å². The van der Waals surface area contributed by atoms with Gasteiger partial charge in [-0.05, 0) is 112 Å². The summed E-state index contributed by atoms with van der Waals surface area (Å²) in [6, 6.07) is 0.407. The normalized spacial score (nSPS) is 24.7. The summed E-state index contributed by atoms with van der Waals surface area (Å²) in [4.78, 5) is 271. The highest BCUT2D eigenvalue weighted by Crippen LogP contribution is 2.32. The van der Waals surface area contributed by atoms with Crippen molar-refractivity contribution in [3.05, 3.63) is 124 Å². The van der Waals surface area contributed by atoms with E-state index in [0.29, 0.717) is 69.9 Å². The summed E-state index contributed by atoms with van der Waals surface area (Å²) in [5.74, 6) is -19.7. The topological polar surface area (TPSA) is 617 Å². The predicted molar refractivity (Wildman–Crippen MR) is 510 cm³/mol. The van der Waals surface area contributed by atoms with Crippen molar-refractivity contribution in [3.8, 4) is 0 Å². The Labute approximate surface area is 807 Å². The van der Waals surface area contributed by atoms with Crippen molar-refractivity contribution < 1.29 is 91.7 Å². The van der Waals surface area contributed by atoms with Gasteiger partial charge in [0.15, 0.2) is 17.5 Å². The summed E-state index contributed by atoms with van der Waals surface area (Å²) in [5.41, 5.74) is 20.0. The van der Waals surface area contributed by atoms with Gasteiger partial charge in [-0.15, -0.1) is 11.8 Å². The summed E-state index contributed by atoms with van der Waals surface area (Å²) < 4.78 is 0. The first-order chi connectivity index (χ1) is 65.2. The summed E-state index contributed by atoms with van der Waals surface area (Å²) in [6.07, 6.45) is 2.98. The van der Waals surface area contributed by atoms with Crippen molar-refractivity contribution in [1.82, 2.24) is 92.3 Å². The van der Waals surface area contributed by atoms with Crippen LogP contribution in [0.3, 0.4) is 0 Å². The molecule has 0 saturated carbocycles. The van der Waals surface area contributed by atoms with Gasteiger partial charge in [-0.25, -0.2) is 4.98 Å². The molecule has 15 atom stereocenters. The molecule has 3 aliphatic heterocycles. The molecule has 21 N–H and O–H groups in total. The van der Waals surface area contributed by atoms with Crippen molar-refractivity contribution in [2.24, 2.45) is 35.0 Å². The van der Waals surface area contributed by atoms with Gasteiger partial charge >= 0.3 is 0 Å². The van der Waals surface area contributed by atoms with Gasteiger partial charge in [0, 0.05) is 137 Å². The number of para-hydroxylation sites is 2. The lowest BCUT2D eigenvalue weighted by atomic mass is 9.88. The minimum atomic E-state index is -1.78. The Bertz CT molecular complexity index is 5330. The average Bonchev–Trinajstić information content (AvgIpc) is 1.76. The molecular formula is C93H128Cl2N22O19S. The van der Waals surface area contributed by atoms with Crippen molar-refractivity contribution in [2.75, 3.05) is 65.4 Å². The van der Waals surface area contributed by atoms with E-state index in [4.69, 9.17) is 45.8 Å². The molecule has 3 aromatic heterocycles. The SMILES string of the molecule is CCCC[C@H]1C(=O)N(C)[C@@H](CCCC)C(=O)N[C@@H](CCCNC(=N)N)C(=O)N[C@H](C(=O)NCC(N)=O)CSCC(=O)N[C@@H](Cc2ccc(Cl)c(Cl)c2)C(=O)N(C)[C@@H](C)C(=O)N[C@@H](CC(N)=O)C(=O)N2CCC[C@H]2C(=O)N[C@@H](Cc2cnc[nH]2)C(=O)N[C@@H](CC(C)C)C(=O)N2C[C@H](O)C[C@H]2C(=O)C[C@@H](Cc2c[nH]c3ccccc23)C(=O)N[C@@H](CO)C(=O)C[C@@H](Cc2c[nH]c3ccccc23)C(=O)N1C. The van der Waals surface area contributed by atoms with Crippen LogP contribution in [0.25, 0.3) is 21.8 Å². The fourth-order valence-electron chi connectivity index (χ4n) is 17.4. The molecule has 0 bridgehead atoms. The van der Waals surface area contributed by atoms with Crippen LogP contribution in [-0.4, -0.2) is 305 Å². The van der Waals surface area contributed by atoms with E-state index < -0.39 is 247 Å². The van der Waals surface area contributed by atoms with Crippen LogP contribution in [-0.2, 0) is 107 Å². The number of benzene rings is 3. The molecule has 3 aliphatic rings.